The fourth-order valence-electron chi connectivity index (χ4n) is 4.36. The Balaban J connectivity index is 1.59. The van der Waals surface area contributed by atoms with Crippen molar-refractivity contribution in [2.45, 2.75) is 26.2 Å². The molecule has 0 amide bonds. The second kappa shape index (κ2) is 6.42. The van der Waals surface area contributed by atoms with Gasteiger partial charge >= 0.3 is 0 Å². The van der Waals surface area contributed by atoms with Crippen molar-refractivity contribution in [3.8, 4) is 11.4 Å². The number of rotatable bonds is 2. The summed E-state index contributed by atoms with van der Waals surface area (Å²) in [5.74, 6) is 1.59. The Morgan fingerprint density at radius 1 is 1.19 bits per heavy atom. The Labute approximate surface area is 162 Å². The van der Waals surface area contributed by atoms with Gasteiger partial charge in [0.25, 0.3) is 0 Å². The van der Waals surface area contributed by atoms with Crippen LogP contribution in [0.1, 0.15) is 25.0 Å². The molecule has 0 saturated carbocycles. The fraction of sp³-hybridized carbons (Fsp3) is 0.474. The number of anilines is 1. The summed E-state index contributed by atoms with van der Waals surface area (Å²) >= 11 is 6.39. The van der Waals surface area contributed by atoms with Crippen LogP contribution < -0.4 is 10.2 Å². The number of nitrogens with one attached hydrogen (secondary N) is 2. The van der Waals surface area contributed by atoms with Crippen LogP contribution in [0.5, 0.6) is 0 Å². The number of H-pyrrole nitrogens is 1. The van der Waals surface area contributed by atoms with Crippen molar-refractivity contribution < 1.29 is 0 Å². The maximum atomic E-state index is 6.39. The molecule has 2 aliphatic rings. The summed E-state index contributed by atoms with van der Waals surface area (Å²) in [5.41, 5.74) is 2.99. The molecule has 0 aromatic carbocycles. The lowest BCUT2D eigenvalue weighted by atomic mass is 9.78. The molecule has 140 valence electrons. The maximum absolute atomic E-state index is 6.39. The highest BCUT2D eigenvalue weighted by Crippen LogP contribution is 2.39. The minimum absolute atomic E-state index is 0.409. The molecule has 2 N–H and O–H groups in total. The molecule has 0 radical (unpaired) electrons. The first-order valence-electron chi connectivity index (χ1n) is 9.44. The lowest BCUT2D eigenvalue weighted by Crippen LogP contribution is -2.41. The van der Waals surface area contributed by atoms with E-state index in [-0.39, 0.29) is 0 Å². The molecule has 0 aliphatic carbocycles. The summed E-state index contributed by atoms with van der Waals surface area (Å²) in [4.78, 5) is 16.2. The van der Waals surface area contributed by atoms with Crippen LogP contribution >= 0.6 is 11.6 Å². The molecular weight excluding hydrogens is 362 g/mol. The van der Waals surface area contributed by atoms with E-state index in [1.807, 2.05) is 13.0 Å². The standard InChI is InChI=1S/C19H22ClN7/c1-12-14(10-23-26-12)17-24-15-13(2-6-22-16(15)20)18(25-17)27-8-4-19(5-9-27)3-7-21-11-19/h2,6,10,21H,3-5,7-9,11H2,1H3,(H,23,26). The van der Waals surface area contributed by atoms with Crippen molar-refractivity contribution >= 4 is 28.3 Å². The summed E-state index contributed by atoms with van der Waals surface area (Å²) in [6.45, 7) is 6.25. The van der Waals surface area contributed by atoms with E-state index in [0.717, 1.165) is 48.6 Å². The van der Waals surface area contributed by atoms with Gasteiger partial charge in [0, 0.05) is 36.9 Å². The number of fused-ring (bicyclic) bond motifs is 1. The number of aromatic nitrogens is 5. The molecule has 7 nitrogen and oxygen atoms in total. The first-order chi connectivity index (χ1) is 13.2. The largest absolute Gasteiger partial charge is 0.356 e. The first kappa shape index (κ1) is 16.9. The summed E-state index contributed by atoms with van der Waals surface area (Å²) in [6, 6.07) is 1.96. The fourth-order valence-corrected chi connectivity index (χ4v) is 4.56. The van der Waals surface area contributed by atoms with E-state index >= 15 is 0 Å². The van der Waals surface area contributed by atoms with Gasteiger partial charge in [0.05, 0.1) is 11.8 Å². The smallest absolute Gasteiger partial charge is 0.165 e. The molecule has 1 spiro atoms. The predicted octanol–water partition coefficient (Wildman–Crippen LogP) is 2.96. The Morgan fingerprint density at radius 3 is 2.74 bits per heavy atom. The number of aromatic amines is 1. The third-order valence-corrected chi connectivity index (χ3v) is 6.35. The van der Waals surface area contributed by atoms with E-state index in [4.69, 9.17) is 21.6 Å². The maximum Gasteiger partial charge on any atom is 0.165 e. The van der Waals surface area contributed by atoms with E-state index in [1.54, 1.807) is 12.4 Å². The molecular formula is C19H22ClN7. The molecule has 0 unspecified atom stereocenters. The quantitative estimate of drug-likeness (QED) is 0.662. The zero-order valence-corrected chi connectivity index (χ0v) is 16.1. The summed E-state index contributed by atoms with van der Waals surface area (Å²) in [7, 11) is 0. The Morgan fingerprint density at radius 2 is 2.04 bits per heavy atom. The lowest BCUT2D eigenvalue weighted by molar-refractivity contribution is 0.247. The third kappa shape index (κ3) is 2.85. The van der Waals surface area contributed by atoms with Crippen LogP contribution in [0, 0.1) is 12.3 Å². The predicted molar refractivity (Wildman–Crippen MR) is 106 cm³/mol. The molecule has 2 fully saturated rings. The van der Waals surface area contributed by atoms with Crippen LogP contribution in [-0.2, 0) is 0 Å². The number of piperidine rings is 1. The molecule has 0 bridgehead atoms. The van der Waals surface area contributed by atoms with Crippen LogP contribution in [0.15, 0.2) is 18.5 Å². The number of pyridine rings is 1. The minimum Gasteiger partial charge on any atom is -0.356 e. The van der Waals surface area contributed by atoms with Crippen molar-refractivity contribution in [1.29, 1.82) is 0 Å². The van der Waals surface area contributed by atoms with E-state index in [2.05, 4.69) is 25.4 Å². The van der Waals surface area contributed by atoms with Crippen LogP contribution in [0.4, 0.5) is 5.82 Å². The average Bonchev–Trinajstić information content (AvgIpc) is 3.32. The number of hydrogen-bond acceptors (Lipinski definition) is 6. The van der Waals surface area contributed by atoms with Gasteiger partial charge in [-0.25, -0.2) is 15.0 Å². The zero-order valence-electron chi connectivity index (χ0n) is 15.3. The van der Waals surface area contributed by atoms with Gasteiger partial charge in [-0.15, -0.1) is 0 Å². The minimum atomic E-state index is 0.409. The summed E-state index contributed by atoms with van der Waals surface area (Å²) < 4.78 is 0. The van der Waals surface area contributed by atoms with Gasteiger partial charge in [-0.3, -0.25) is 5.10 Å². The Hall–Kier alpha value is -2.25. The third-order valence-electron chi connectivity index (χ3n) is 6.08. The summed E-state index contributed by atoms with van der Waals surface area (Å²) in [6.07, 6.45) is 7.14. The summed E-state index contributed by atoms with van der Waals surface area (Å²) in [5, 5.41) is 12.0. The SMILES string of the molecule is Cc1[nH]ncc1-c1nc(N2CCC3(CCNC3)CC2)c2ccnc(Cl)c2n1. The van der Waals surface area contributed by atoms with Gasteiger partial charge in [-0.2, -0.15) is 5.10 Å². The molecule has 2 saturated heterocycles. The Bertz CT molecular complexity index is 983. The molecule has 27 heavy (non-hydrogen) atoms. The second-order valence-corrected chi connectivity index (χ2v) is 8.05. The number of nitrogens with zero attached hydrogens (tertiary/aromatic N) is 5. The van der Waals surface area contributed by atoms with Gasteiger partial charge < -0.3 is 10.2 Å². The highest BCUT2D eigenvalue weighted by atomic mass is 35.5. The number of aryl methyl sites for hydroxylation is 1. The molecule has 0 atom stereocenters. The molecule has 5 heterocycles. The van der Waals surface area contributed by atoms with Crippen molar-refractivity contribution in [2.75, 3.05) is 31.1 Å². The van der Waals surface area contributed by atoms with Crippen molar-refractivity contribution in [1.82, 2.24) is 30.5 Å². The van der Waals surface area contributed by atoms with Crippen LogP contribution in [-0.4, -0.2) is 51.3 Å². The molecule has 3 aromatic heterocycles. The monoisotopic (exact) mass is 383 g/mol. The van der Waals surface area contributed by atoms with E-state index in [0.29, 0.717) is 21.9 Å². The van der Waals surface area contributed by atoms with Gasteiger partial charge in [0.15, 0.2) is 11.0 Å². The second-order valence-electron chi connectivity index (χ2n) is 7.69. The van der Waals surface area contributed by atoms with Gasteiger partial charge in [-0.1, -0.05) is 11.6 Å². The Kier molecular flexibility index (Phi) is 4.02. The van der Waals surface area contributed by atoms with Crippen LogP contribution in [0.3, 0.4) is 0 Å². The average molecular weight is 384 g/mol. The van der Waals surface area contributed by atoms with Crippen LogP contribution in [0.2, 0.25) is 5.15 Å². The zero-order chi connectivity index (χ0) is 18.4. The van der Waals surface area contributed by atoms with Crippen molar-refractivity contribution in [3.63, 3.8) is 0 Å². The van der Waals surface area contributed by atoms with Gasteiger partial charge in [0.2, 0.25) is 0 Å². The van der Waals surface area contributed by atoms with Gasteiger partial charge in [0.1, 0.15) is 11.3 Å². The van der Waals surface area contributed by atoms with E-state index in [9.17, 15) is 0 Å². The number of hydrogen-bond donors (Lipinski definition) is 2. The van der Waals surface area contributed by atoms with Crippen molar-refractivity contribution in [2.24, 2.45) is 5.41 Å². The molecule has 5 rings (SSSR count). The highest BCUT2D eigenvalue weighted by molar-refractivity contribution is 6.34. The van der Waals surface area contributed by atoms with E-state index < -0.39 is 0 Å². The molecule has 8 heteroatoms. The number of halogens is 1. The molecule has 2 aliphatic heterocycles. The van der Waals surface area contributed by atoms with E-state index in [1.165, 1.54) is 19.3 Å². The van der Waals surface area contributed by atoms with Crippen molar-refractivity contribution in [3.05, 3.63) is 29.3 Å². The molecule has 3 aromatic rings. The normalized spacial score (nSPS) is 19.3. The lowest BCUT2D eigenvalue weighted by Gasteiger charge is -2.39. The highest BCUT2D eigenvalue weighted by Gasteiger charge is 2.37. The topological polar surface area (TPSA) is 82.6 Å². The first-order valence-corrected chi connectivity index (χ1v) is 9.81. The van der Waals surface area contributed by atoms with Gasteiger partial charge in [-0.05, 0) is 44.2 Å². The van der Waals surface area contributed by atoms with Crippen LogP contribution in [0.25, 0.3) is 22.3 Å².